The van der Waals surface area contributed by atoms with Crippen molar-refractivity contribution < 1.29 is 14.6 Å². The summed E-state index contributed by atoms with van der Waals surface area (Å²) in [7, 11) is 0. The number of hydrogen-bond donors (Lipinski definition) is 2. The second kappa shape index (κ2) is 7.85. The Hall–Kier alpha value is -2.24. The molecule has 2 N–H and O–H groups in total. The Kier molecular flexibility index (Phi) is 5.84. The zero-order valence-electron chi connectivity index (χ0n) is 12.2. The number of hydrogen-bond acceptors (Lipinski definition) is 4. The molecule has 0 aromatic heterocycles. The molecule has 2 rings (SSSR count). The predicted molar refractivity (Wildman–Crippen MR) is 90.5 cm³/mol. The van der Waals surface area contributed by atoms with Crippen molar-refractivity contribution in [2.45, 2.75) is 6.92 Å². The molecular formula is C16H14Cl2N2O3. The minimum absolute atomic E-state index is 0.0142. The molecule has 0 spiro atoms. The first-order chi connectivity index (χ1) is 11.0. The van der Waals surface area contributed by atoms with Crippen molar-refractivity contribution in [2.24, 2.45) is 5.10 Å². The van der Waals surface area contributed by atoms with E-state index in [1.54, 1.807) is 24.3 Å². The molecule has 0 aliphatic rings. The summed E-state index contributed by atoms with van der Waals surface area (Å²) in [5.41, 5.74) is 3.55. The van der Waals surface area contributed by atoms with Crippen molar-refractivity contribution >= 4 is 35.3 Å². The van der Waals surface area contributed by atoms with Crippen LogP contribution < -0.4 is 10.2 Å². The molecule has 0 fully saturated rings. The van der Waals surface area contributed by atoms with E-state index in [0.29, 0.717) is 21.4 Å². The summed E-state index contributed by atoms with van der Waals surface area (Å²) in [5, 5.41) is 14.4. The zero-order valence-corrected chi connectivity index (χ0v) is 13.7. The highest BCUT2D eigenvalue weighted by molar-refractivity contribution is 6.31. The fraction of sp³-hybridized carbons (Fsp3) is 0.125. The Morgan fingerprint density at radius 2 is 2.09 bits per heavy atom. The number of aryl methyl sites for hydroxylation is 1. The summed E-state index contributed by atoms with van der Waals surface area (Å²) in [6.45, 7) is 1.65. The maximum Gasteiger partial charge on any atom is 0.277 e. The van der Waals surface area contributed by atoms with Crippen molar-refractivity contribution in [3.8, 4) is 11.5 Å². The molecule has 2 aromatic carbocycles. The highest BCUT2D eigenvalue weighted by Gasteiger charge is 2.04. The fourth-order valence-corrected chi connectivity index (χ4v) is 1.99. The van der Waals surface area contributed by atoms with E-state index < -0.39 is 5.91 Å². The maximum absolute atomic E-state index is 11.6. The maximum atomic E-state index is 11.6. The Morgan fingerprint density at radius 3 is 2.83 bits per heavy atom. The first kappa shape index (κ1) is 17.1. The second-order valence-corrected chi connectivity index (χ2v) is 5.54. The van der Waals surface area contributed by atoms with E-state index in [1.165, 1.54) is 18.3 Å². The van der Waals surface area contributed by atoms with Crippen LogP contribution >= 0.6 is 23.2 Å². The lowest BCUT2D eigenvalue weighted by atomic mass is 10.2. The lowest BCUT2D eigenvalue weighted by molar-refractivity contribution is -0.123. The van der Waals surface area contributed by atoms with E-state index in [-0.39, 0.29) is 12.4 Å². The van der Waals surface area contributed by atoms with Gasteiger partial charge in [0.25, 0.3) is 5.91 Å². The SMILES string of the molecule is Cc1cc(OCC(=O)NN=Cc2cc(Cl)ccc2O)ccc1Cl. The molecule has 1 amide bonds. The Balaban J connectivity index is 1.86. The number of aromatic hydroxyl groups is 1. The van der Waals surface area contributed by atoms with Gasteiger partial charge in [0.2, 0.25) is 0 Å². The zero-order chi connectivity index (χ0) is 16.8. The van der Waals surface area contributed by atoms with Crippen LogP contribution in [-0.2, 0) is 4.79 Å². The molecule has 0 radical (unpaired) electrons. The number of benzene rings is 2. The highest BCUT2D eigenvalue weighted by Crippen LogP contribution is 2.21. The fourth-order valence-electron chi connectivity index (χ4n) is 1.69. The molecule has 0 atom stereocenters. The number of amides is 1. The number of carbonyl (C=O) groups is 1. The molecule has 0 saturated heterocycles. The summed E-state index contributed by atoms with van der Waals surface area (Å²) >= 11 is 11.7. The van der Waals surface area contributed by atoms with Crippen LogP contribution in [0.4, 0.5) is 0 Å². The van der Waals surface area contributed by atoms with E-state index >= 15 is 0 Å². The third kappa shape index (κ3) is 5.16. The van der Waals surface area contributed by atoms with Crippen molar-refractivity contribution in [1.82, 2.24) is 5.43 Å². The van der Waals surface area contributed by atoms with E-state index in [9.17, 15) is 9.90 Å². The number of phenols is 1. The number of hydrazone groups is 1. The summed E-state index contributed by atoms with van der Waals surface area (Å²) in [6.07, 6.45) is 1.30. The molecule has 0 aliphatic carbocycles. The Bertz CT molecular complexity index is 748. The largest absolute Gasteiger partial charge is 0.507 e. The van der Waals surface area contributed by atoms with Gasteiger partial charge >= 0.3 is 0 Å². The molecular weight excluding hydrogens is 339 g/mol. The molecule has 0 unspecified atom stereocenters. The summed E-state index contributed by atoms with van der Waals surface area (Å²) in [4.78, 5) is 11.6. The molecule has 0 heterocycles. The number of rotatable bonds is 5. The number of carbonyl (C=O) groups excluding carboxylic acids is 1. The average molecular weight is 353 g/mol. The molecule has 0 saturated carbocycles. The number of nitrogens with zero attached hydrogens (tertiary/aromatic N) is 1. The average Bonchev–Trinajstić information content (AvgIpc) is 2.52. The van der Waals surface area contributed by atoms with Crippen LogP contribution in [0.1, 0.15) is 11.1 Å². The van der Waals surface area contributed by atoms with Gasteiger partial charge in [-0.3, -0.25) is 4.79 Å². The Labute approximate surface area is 143 Å². The van der Waals surface area contributed by atoms with Gasteiger partial charge in [0, 0.05) is 15.6 Å². The third-order valence-corrected chi connectivity index (χ3v) is 3.54. The van der Waals surface area contributed by atoms with Crippen LogP contribution in [0.3, 0.4) is 0 Å². The summed E-state index contributed by atoms with van der Waals surface area (Å²) in [6, 6.07) is 9.63. The van der Waals surface area contributed by atoms with E-state index in [0.717, 1.165) is 5.56 Å². The number of ether oxygens (including phenoxy) is 1. The van der Waals surface area contributed by atoms with Gasteiger partial charge < -0.3 is 9.84 Å². The van der Waals surface area contributed by atoms with Gasteiger partial charge in [-0.25, -0.2) is 5.43 Å². The second-order valence-electron chi connectivity index (χ2n) is 4.70. The van der Waals surface area contributed by atoms with Crippen molar-refractivity contribution in [2.75, 3.05) is 6.61 Å². The molecule has 0 bridgehead atoms. The van der Waals surface area contributed by atoms with Crippen molar-refractivity contribution in [1.29, 1.82) is 0 Å². The minimum Gasteiger partial charge on any atom is -0.507 e. The quantitative estimate of drug-likeness (QED) is 0.638. The molecule has 2 aromatic rings. The van der Waals surface area contributed by atoms with Gasteiger partial charge in [0.05, 0.1) is 6.21 Å². The first-order valence-corrected chi connectivity index (χ1v) is 7.40. The van der Waals surface area contributed by atoms with Crippen LogP contribution in [0.15, 0.2) is 41.5 Å². The molecule has 0 aliphatic heterocycles. The van der Waals surface area contributed by atoms with Crippen LogP contribution in [0.25, 0.3) is 0 Å². The molecule has 5 nitrogen and oxygen atoms in total. The van der Waals surface area contributed by atoms with Crippen LogP contribution in [-0.4, -0.2) is 23.8 Å². The van der Waals surface area contributed by atoms with E-state index in [4.69, 9.17) is 27.9 Å². The topological polar surface area (TPSA) is 70.9 Å². The predicted octanol–water partition coefficient (Wildman–Crippen LogP) is 3.54. The smallest absolute Gasteiger partial charge is 0.277 e. The van der Waals surface area contributed by atoms with Gasteiger partial charge in [-0.05, 0) is 48.9 Å². The molecule has 7 heteroatoms. The molecule has 120 valence electrons. The summed E-state index contributed by atoms with van der Waals surface area (Å²) < 4.78 is 5.33. The monoisotopic (exact) mass is 352 g/mol. The van der Waals surface area contributed by atoms with Gasteiger partial charge in [0.15, 0.2) is 6.61 Å². The van der Waals surface area contributed by atoms with Crippen LogP contribution in [0.2, 0.25) is 10.0 Å². The summed E-state index contributed by atoms with van der Waals surface area (Å²) in [5.74, 6) is 0.120. The standard InChI is InChI=1S/C16H14Cl2N2O3/c1-10-6-13(3-4-14(10)18)23-9-16(22)20-19-8-11-7-12(17)2-5-15(11)21/h2-8,21H,9H2,1H3,(H,20,22). The highest BCUT2D eigenvalue weighted by atomic mass is 35.5. The minimum atomic E-state index is -0.435. The number of nitrogens with one attached hydrogen (secondary N) is 1. The van der Waals surface area contributed by atoms with E-state index in [1.807, 2.05) is 6.92 Å². The van der Waals surface area contributed by atoms with E-state index in [2.05, 4.69) is 10.5 Å². The van der Waals surface area contributed by atoms with Crippen LogP contribution in [0, 0.1) is 6.92 Å². The number of phenolic OH excluding ortho intramolecular Hbond substituents is 1. The van der Waals surface area contributed by atoms with Crippen molar-refractivity contribution in [3.05, 3.63) is 57.6 Å². The lowest BCUT2D eigenvalue weighted by Gasteiger charge is -2.06. The third-order valence-electron chi connectivity index (χ3n) is 2.88. The number of halogens is 2. The van der Waals surface area contributed by atoms with Crippen LogP contribution in [0.5, 0.6) is 11.5 Å². The molecule has 23 heavy (non-hydrogen) atoms. The van der Waals surface area contributed by atoms with Gasteiger partial charge in [-0.1, -0.05) is 23.2 Å². The van der Waals surface area contributed by atoms with Gasteiger partial charge in [0.1, 0.15) is 11.5 Å². The van der Waals surface area contributed by atoms with Gasteiger partial charge in [-0.2, -0.15) is 5.10 Å². The normalized spacial score (nSPS) is 10.7. The Morgan fingerprint density at radius 1 is 1.30 bits per heavy atom. The van der Waals surface area contributed by atoms with Gasteiger partial charge in [-0.15, -0.1) is 0 Å². The lowest BCUT2D eigenvalue weighted by Crippen LogP contribution is -2.24. The van der Waals surface area contributed by atoms with Crippen molar-refractivity contribution in [3.63, 3.8) is 0 Å². The first-order valence-electron chi connectivity index (χ1n) is 6.65.